The molecule has 1 nitrogen and oxygen atoms in total. The van der Waals surface area contributed by atoms with Gasteiger partial charge in [-0.15, -0.1) is 11.3 Å². The molecule has 0 amide bonds. The maximum absolute atomic E-state index is 2.71. The van der Waals surface area contributed by atoms with Crippen LogP contribution in [0.4, 0.5) is 17.1 Å². The molecule has 280 valence electrons. The van der Waals surface area contributed by atoms with Gasteiger partial charge in [-0.05, 0) is 127 Å². The van der Waals surface area contributed by atoms with Gasteiger partial charge in [-0.25, -0.2) is 0 Å². The molecule has 4 heterocycles. The minimum absolute atomic E-state index is 0.485. The zero-order chi connectivity index (χ0) is 39.5. The predicted octanol–water partition coefficient (Wildman–Crippen LogP) is 12.2. The molecule has 2 spiro atoms. The second-order valence-corrected chi connectivity index (χ2v) is 22.0. The molecule has 60 heavy (non-hydrogen) atoms. The lowest BCUT2D eigenvalue weighted by Gasteiger charge is -2.45. The SMILES string of the molecule is Cc1ccc2c(c1)[Si]1(c3ccccc3-c3ccc(N4c5ccccc5C5(c6ccccc6-c6ccccc65)c5cc6sc7ccccc7c6cc54)cc31)c1cc(C)ccc1-2. The van der Waals surface area contributed by atoms with Crippen LogP contribution in [0.25, 0.3) is 53.6 Å². The third-order valence-electron chi connectivity index (χ3n) is 14.4. The van der Waals surface area contributed by atoms with Gasteiger partial charge >= 0.3 is 0 Å². The zero-order valence-electron chi connectivity index (χ0n) is 33.3. The van der Waals surface area contributed by atoms with Crippen molar-refractivity contribution in [2.45, 2.75) is 19.3 Å². The van der Waals surface area contributed by atoms with E-state index in [1.807, 2.05) is 11.3 Å². The minimum Gasteiger partial charge on any atom is -0.310 e. The highest BCUT2D eigenvalue weighted by atomic mass is 32.1. The summed E-state index contributed by atoms with van der Waals surface area (Å²) in [6, 6.07) is 72.9. The number of nitrogens with zero attached hydrogens (tertiary/aromatic N) is 1. The minimum atomic E-state index is -2.71. The number of thiophene rings is 1. The van der Waals surface area contributed by atoms with E-state index in [9.17, 15) is 0 Å². The van der Waals surface area contributed by atoms with Gasteiger partial charge in [0, 0.05) is 25.9 Å². The quantitative estimate of drug-likeness (QED) is 0.150. The van der Waals surface area contributed by atoms with Gasteiger partial charge in [0.25, 0.3) is 0 Å². The fourth-order valence-electron chi connectivity index (χ4n) is 12.1. The summed E-state index contributed by atoms with van der Waals surface area (Å²) in [5.41, 5.74) is 19.5. The second kappa shape index (κ2) is 11.5. The Morgan fingerprint density at radius 1 is 0.383 bits per heavy atom. The van der Waals surface area contributed by atoms with Crippen molar-refractivity contribution in [2.24, 2.45) is 0 Å². The number of anilines is 3. The molecule has 0 radical (unpaired) electrons. The number of hydrogen-bond acceptors (Lipinski definition) is 2. The van der Waals surface area contributed by atoms with Crippen molar-refractivity contribution in [1.82, 2.24) is 0 Å². The molecule has 0 N–H and O–H groups in total. The Morgan fingerprint density at radius 3 is 1.65 bits per heavy atom. The molecule has 3 aliphatic heterocycles. The van der Waals surface area contributed by atoms with Crippen molar-refractivity contribution < 1.29 is 0 Å². The lowest BCUT2D eigenvalue weighted by molar-refractivity contribution is 0.754. The van der Waals surface area contributed by atoms with Crippen LogP contribution < -0.4 is 25.6 Å². The topological polar surface area (TPSA) is 3.24 Å². The molecule has 1 aliphatic carbocycles. The number of hydrogen-bond donors (Lipinski definition) is 0. The van der Waals surface area contributed by atoms with Crippen LogP contribution in [0.3, 0.4) is 0 Å². The second-order valence-electron chi connectivity index (χ2n) is 17.3. The first-order valence-electron chi connectivity index (χ1n) is 21.1. The summed E-state index contributed by atoms with van der Waals surface area (Å²) in [6.45, 7) is 4.53. The zero-order valence-corrected chi connectivity index (χ0v) is 35.1. The molecule has 0 unspecified atom stereocenters. The standard InChI is InChI=1S/C57H37NSSi/c1-34-23-26-41-42-27-24-35(2)30-55(42)60(54(41)29-34)53-22-12-6-16-40(53)43-28-25-36(31-56(43)60)58-49-20-10-9-19-47(49)57(45-17-7-3-13-37(45)38-14-4-8-18-46(38)57)48-33-52-44(32-50(48)58)39-15-5-11-21-51(39)59-52/h3-33H,1-2H3. The Balaban J connectivity index is 1.11. The fourth-order valence-corrected chi connectivity index (χ4v) is 19.1. The van der Waals surface area contributed by atoms with Gasteiger partial charge in [-0.3, -0.25) is 0 Å². The van der Waals surface area contributed by atoms with Crippen LogP contribution in [-0.4, -0.2) is 8.07 Å². The molecule has 10 aromatic rings. The molecule has 0 saturated heterocycles. The Hall–Kier alpha value is -6.78. The van der Waals surface area contributed by atoms with Gasteiger partial charge < -0.3 is 4.90 Å². The highest BCUT2D eigenvalue weighted by Crippen LogP contribution is 2.64. The number of fused-ring (bicyclic) bond motifs is 22. The largest absolute Gasteiger partial charge is 0.310 e. The average Bonchev–Trinajstić information content (AvgIpc) is 3.98. The Kier molecular flexibility index (Phi) is 6.33. The number of aryl methyl sites for hydroxylation is 2. The first-order valence-corrected chi connectivity index (χ1v) is 23.9. The first-order chi connectivity index (χ1) is 29.6. The summed E-state index contributed by atoms with van der Waals surface area (Å²) in [6.07, 6.45) is 0. The van der Waals surface area contributed by atoms with E-state index in [2.05, 4.69) is 207 Å². The Bertz CT molecular complexity index is 3460. The van der Waals surface area contributed by atoms with E-state index in [4.69, 9.17) is 0 Å². The highest BCUT2D eigenvalue weighted by molar-refractivity contribution is 7.26. The van der Waals surface area contributed by atoms with E-state index in [0.29, 0.717) is 0 Å². The van der Waals surface area contributed by atoms with Crippen LogP contribution in [0.1, 0.15) is 33.4 Å². The summed E-state index contributed by atoms with van der Waals surface area (Å²) in [4.78, 5) is 2.62. The Labute approximate surface area is 354 Å². The number of benzene rings is 9. The van der Waals surface area contributed by atoms with Crippen molar-refractivity contribution in [3.63, 3.8) is 0 Å². The van der Waals surface area contributed by atoms with Crippen molar-refractivity contribution in [2.75, 3.05) is 4.90 Å². The van der Waals surface area contributed by atoms with Crippen molar-refractivity contribution in [1.29, 1.82) is 0 Å². The van der Waals surface area contributed by atoms with E-state index >= 15 is 0 Å². The van der Waals surface area contributed by atoms with E-state index in [1.54, 1.807) is 0 Å². The van der Waals surface area contributed by atoms with Gasteiger partial charge in [0.1, 0.15) is 0 Å². The average molecular weight is 796 g/mol. The van der Waals surface area contributed by atoms with Crippen LogP contribution in [-0.2, 0) is 5.41 Å². The maximum atomic E-state index is 2.62. The molecule has 0 fully saturated rings. The highest BCUT2D eigenvalue weighted by Gasteiger charge is 2.55. The van der Waals surface area contributed by atoms with Crippen LogP contribution in [0, 0.1) is 13.8 Å². The monoisotopic (exact) mass is 795 g/mol. The molecule has 9 aromatic carbocycles. The lowest BCUT2D eigenvalue weighted by Crippen LogP contribution is -2.70. The first kappa shape index (κ1) is 33.1. The predicted molar refractivity (Wildman–Crippen MR) is 256 cm³/mol. The van der Waals surface area contributed by atoms with Crippen LogP contribution in [0.15, 0.2) is 188 Å². The van der Waals surface area contributed by atoms with Gasteiger partial charge in [-0.2, -0.15) is 0 Å². The van der Waals surface area contributed by atoms with E-state index in [1.165, 1.54) is 125 Å². The summed E-state index contributed by atoms with van der Waals surface area (Å²) in [5.74, 6) is 0. The fraction of sp³-hybridized carbons (Fsp3) is 0.0526. The number of para-hydroxylation sites is 1. The van der Waals surface area contributed by atoms with E-state index in [0.717, 1.165) is 0 Å². The summed E-state index contributed by atoms with van der Waals surface area (Å²) in [7, 11) is -2.71. The van der Waals surface area contributed by atoms with E-state index in [-0.39, 0.29) is 0 Å². The van der Waals surface area contributed by atoms with Gasteiger partial charge in [-0.1, -0.05) is 163 Å². The third kappa shape index (κ3) is 3.85. The van der Waals surface area contributed by atoms with E-state index < -0.39 is 13.5 Å². The van der Waals surface area contributed by atoms with Crippen molar-refractivity contribution in [3.8, 4) is 33.4 Å². The normalized spacial score (nSPS) is 15.1. The molecule has 14 rings (SSSR count). The molecule has 0 atom stereocenters. The molecule has 0 saturated carbocycles. The molecule has 0 bridgehead atoms. The summed E-state index contributed by atoms with van der Waals surface area (Å²) in [5, 5.41) is 8.69. The molecular weight excluding hydrogens is 759 g/mol. The molecular formula is C57H37NSSi. The van der Waals surface area contributed by atoms with Crippen LogP contribution in [0.2, 0.25) is 0 Å². The number of rotatable bonds is 1. The summed E-state index contributed by atoms with van der Waals surface area (Å²) >= 11 is 1.92. The third-order valence-corrected chi connectivity index (χ3v) is 20.4. The van der Waals surface area contributed by atoms with Crippen molar-refractivity contribution in [3.05, 3.63) is 221 Å². The molecule has 3 heteroatoms. The van der Waals surface area contributed by atoms with Crippen LogP contribution in [0.5, 0.6) is 0 Å². The van der Waals surface area contributed by atoms with Crippen LogP contribution >= 0.6 is 11.3 Å². The maximum Gasteiger partial charge on any atom is 0.182 e. The molecule has 4 aliphatic rings. The van der Waals surface area contributed by atoms with Gasteiger partial charge in [0.15, 0.2) is 8.07 Å². The smallest absolute Gasteiger partial charge is 0.182 e. The lowest BCUT2D eigenvalue weighted by atomic mass is 9.64. The van der Waals surface area contributed by atoms with Gasteiger partial charge in [0.05, 0.1) is 16.8 Å². The Morgan fingerprint density at radius 2 is 0.933 bits per heavy atom. The summed E-state index contributed by atoms with van der Waals surface area (Å²) < 4.78 is 2.66. The molecule has 1 aromatic heterocycles. The van der Waals surface area contributed by atoms with Crippen molar-refractivity contribution >= 4 is 77.4 Å². The van der Waals surface area contributed by atoms with Gasteiger partial charge in [0.2, 0.25) is 0 Å².